The summed E-state index contributed by atoms with van der Waals surface area (Å²) >= 11 is 4.18. The fraction of sp³-hybridized carbons (Fsp3) is 0.231. The molecule has 2 rings (SSSR count). The minimum Gasteiger partial charge on any atom is -0.346 e. The number of nitrogens with zero attached hydrogens (tertiary/aromatic N) is 1. The minimum atomic E-state index is -0.827. The van der Waals surface area contributed by atoms with Gasteiger partial charge in [-0.25, -0.2) is 0 Å². The van der Waals surface area contributed by atoms with Gasteiger partial charge in [-0.2, -0.15) is 0 Å². The number of hydrogen-bond donors (Lipinski definition) is 2. The molecule has 4 amide bonds. The molecule has 0 aliphatic carbocycles. The lowest BCUT2D eigenvalue weighted by Gasteiger charge is -2.13. The van der Waals surface area contributed by atoms with Gasteiger partial charge in [0, 0.05) is 23.2 Å². The van der Waals surface area contributed by atoms with Gasteiger partial charge in [-0.05, 0) is 18.2 Å². The zero-order valence-electron chi connectivity index (χ0n) is 11.3. The first kappa shape index (κ1) is 16.5. The highest BCUT2D eigenvalue weighted by Gasteiger charge is 2.29. The molecule has 1 aromatic carbocycles. The van der Waals surface area contributed by atoms with Crippen LogP contribution >= 0.6 is 27.7 Å². The Morgan fingerprint density at radius 2 is 2.05 bits per heavy atom. The van der Waals surface area contributed by atoms with Crippen LogP contribution in [0.5, 0.6) is 0 Å². The van der Waals surface area contributed by atoms with E-state index in [1.165, 1.54) is 0 Å². The molecule has 1 saturated heterocycles. The molecule has 1 aliphatic rings. The van der Waals surface area contributed by atoms with E-state index in [0.717, 1.165) is 21.1 Å². The first-order chi connectivity index (χ1) is 10.5. The Morgan fingerprint density at radius 1 is 1.27 bits per heavy atom. The van der Waals surface area contributed by atoms with Crippen LogP contribution in [0, 0.1) is 0 Å². The summed E-state index contributed by atoms with van der Waals surface area (Å²) in [4.78, 5) is 47.1. The van der Waals surface area contributed by atoms with Crippen molar-refractivity contribution in [1.82, 2.24) is 10.2 Å². The number of amides is 4. The van der Waals surface area contributed by atoms with Crippen molar-refractivity contribution in [3.63, 3.8) is 0 Å². The summed E-state index contributed by atoms with van der Waals surface area (Å²) in [5.41, 5.74) is 0.482. The quantitative estimate of drug-likeness (QED) is 0.759. The van der Waals surface area contributed by atoms with Crippen molar-refractivity contribution in [2.45, 2.75) is 0 Å². The summed E-state index contributed by atoms with van der Waals surface area (Å²) in [5, 5.41) is 4.48. The van der Waals surface area contributed by atoms with Crippen molar-refractivity contribution in [2.24, 2.45) is 0 Å². The summed E-state index contributed by atoms with van der Waals surface area (Å²) in [6.45, 7) is 0.0867. The van der Waals surface area contributed by atoms with Crippen LogP contribution in [-0.4, -0.2) is 46.7 Å². The zero-order chi connectivity index (χ0) is 16.1. The van der Waals surface area contributed by atoms with Crippen molar-refractivity contribution in [3.8, 4) is 0 Å². The maximum absolute atomic E-state index is 11.7. The molecule has 1 aliphatic heterocycles. The van der Waals surface area contributed by atoms with Crippen LogP contribution in [0.1, 0.15) is 0 Å². The predicted molar refractivity (Wildman–Crippen MR) is 85.3 cm³/mol. The maximum atomic E-state index is 11.7. The van der Waals surface area contributed by atoms with Gasteiger partial charge < -0.3 is 10.6 Å². The lowest BCUT2D eigenvalue weighted by Crippen LogP contribution is -2.41. The molecule has 116 valence electrons. The van der Waals surface area contributed by atoms with E-state index in [2.05, 4.69) is 26.6 Å². The number of nitrogens with one attached hydrogen (secondary N) is 2. The predicted octanol–water partition coefficient (Wildman–Crippen LogP) is 1.20. The largest absolute Gasteiger partial charge is 0.346 e. The highest BCUT2D eigenvalue weighted by Crippen LogP contribution is 2.17. The van der Waals surface area contributed by atoms with E-state index < -0.39 is 11.8 Å². The average Bonchev–Trinajstić information content (AvgIpc) is 2.78. The number of hydrogen-bond acceptors (Lipinski definition) is 5. The van der Waals surface area contributed by atoms with E-state index in [0.29, 0.717) is 5.69 Å². The van der Waals surface area contributed by atoms with Gasteiger partial charge in [0.1, 0.15) is 0 Å². The Balaban J connectivity index is 1.78. The molecule has 9 heteroatoms. The van der Waals surface area contributed by atoms with Gasteiger partial charge in [0.05, 0.1) is 5.75 Å². The molecule has 0 atom stereocenters. The third-order valence-corrected chi connectivity index (χ3v) is 4.10. The number of thioether (sulfide) groups is 1. The van der Waals surface area contributed by atoms with Crippen LogP contribution < -0.4 is 10.6 Å². The van der Waals surface area contributed by atoms with Crippen molar-refractivity contribution in [2.75, 3.05) is 24.2 Å². The topological polar surface area (TPSA) is 95.6 Å². The highest BCUT2D eigenvalue weighted by atomic mass is 79.9. The number of anilines is 1. The molecule has 0 aromatic heterocycles. The first-order valence-electron chi connectivity index (χ1n) is 6.29. The molecular weight excluding hydrogens is 374 g/mol. The third kappa shape index (κ3) is 4.31. The number of benzene rings is 1. The number of rotatable bonds is 4. The SMILES string of the molecule is O=C(NCCN1C(=O)CSC1=O)C(=O)Nc1cccc(Br)c1. The lowest BCUT2D eigenvalue weighted by molar-refractivity contribution is -0.136. The molecular formula is C13H12BrN3O4S. The van der Waals surface area contributed by atoms with Crippen molar-refractivity contribution in [3.05, 3.63) is 28.7 Å². The zero-order valence-corrected chi connectivity index (χ0v) is 13.7. The minimum absolute atomic E-state index is 0.0305. The van der Waals surface area contributed by atoms with E-state index in [-0.39, 0.29) is 30.0 Å². The molecule has 0 radical (unpaired) electrons. The molecule has 22 heavy (non-hydrogen) atoms. The van der Waals surface area contributed by atoms with Crippen molar-refractivity contribution in [1.29, 1.82) is 0 Å². The molecule has 0 bridgehead atoms. The van der Waals surface area contributed by atoms with Crippen LogP contribution in [0.15, 0.2) is 28.7 Å². The monoisotopic (exact) mass is 385 g/mol. The second-order valence-corrected chi connectivity index (χ2v) is 6.16. The Hall–Kier alpha value is -1.87. The van der Waals surface area contributed by atoms with Gasteiger partial charge in [0.25, 0.3) is 5.24 Å². The Bertz CT molecular complexity index is 621. The van der Waals surface area contributed by atoms with E-state index in [9.17, 15) is 19.2 Å². The molecule has 0 unspecified atom stereocenters. The Morgan fingerprint density at radius 3 is 2.68 bits per heavy atom. The van der Waals surface area contributed by atoms with Crippen molar-refractivity contribution < 1.29 is 19.2 Å². The molecule has 0 spiro atoms. The number of halogens is 1. The number of carbonyl (C=O) groups excluding carboxylic acids is 4. The van der Waals surface area contributed by atoms with Gasteiger partial charge >= 0.3 is 11.8 Å². The molecule has 1 aromatic rings. The van der Waals surface area contributed by atoms with Crippen LogP contribution in [0.2, 0.25) is 0 Å². The fourth-order valence-corrected chi connectivity index (χ4v) is 2.86. The summed E-state index contributed by atoms with van der Waals surface area (Å²) in [7, 11) is 0. The van der Waals surface area contributed by atoms with Gasteiger partial charge in [0.2, 0.25) is 5.91 Å². The second-order valence-electron chi connectivity index (χ2n) is 4.32. The van der Waals surface area contributed by atoms with Crippen molar-refractivity contribution >= 4 is 56.3 Å². The maximum Gasteiger partial charge on any atom is 0.313 e. The van der Waals surface area contributed by atoms with Gasteiger partial charge in [-0.3, -0.25) is 24.1 Å². The number of imide groups is 1. The molecule has 1 fully saturated rings. The molecule has 0 saturated carbocycles. The van der Waals surface area contributed by atoms with Crippen LogP contribution in [0.25, 0.3) is 0 Å². The van der Waals surface area contributed by atoms with E-state index in [1.54, 1.807) is 24.3 Å². The summed E-state index contributed by atoms with van der Waals surface area (Å²) in [5.74, 6) is -1.81. The Kier molecular flexibility index (Phi) is 5.56. The van der Waals surface area contributed by atoms with Crippen LogP contribution in [-0.2, 0) is 14.4 Å². The molecule has 1 heterocycles. The molecule has 7 nitrogen and oxygen atoms in total. The second kappa shape index (κ2) is 7.41. The average molecular weight is 386 g/mol. The van der Waals surface area contributed by atoms with Gasteiger partial charge in [-0.15, -0.1) is 0 Å². The standard InChI is InChI=1S/C13H12BrN3O4S/c14-8-2-1-3-9(6-8)16-12(20)11(19)15-4-5-17-10(18)7-22-13(17)21/h1-3,6H,4-5,7H2,(H,15,19)(H,16,20). The summed E-state index contributed by atoms with van der Waals surface area (Å²) < 4.78 is 0.772. The van der Waals surface area contributed by atoms with E-state index >= 15 is 0 Å². The first-order valence-corrected chi connectivity index (χ1v) is 8.07. The van der Waals surface area contributed by atoms with E-state index in [4.69, 9.17) is 0 Å². The highest BCUT2D eigenvalue weighted by molar-refractivity contribution is 9.10. The molecule has 2 N–H and O–H groups in total. The Labute approximate surface area is 138 Å². The lowest BCUT2D eigenvalue weighted by atomic mass is 10.3. The normalized spacial score (nSPS) is 14.1. The van der Waals surface area contributed by atoms with Gasteiger partial charge in [0.15, 0.2) is 0 Å². The van der Waals surface area contributed by atoms with Crippen LogP contribution in [0.4, 0.5) is 10.5 Å². The summed E-state index contributed by atoms with van der Waals surface area (Å²) in [6, 6.07) is 6.82. The number of carbonyl (C=O) groups is 4. The van der Waals surface area contributed by atoms with Crippen LogP contribution in [0.3, 0.4) is 0 Å². The van der Waals surface area contributed by atoms with Gasteiger partial charge in [-0.1, -0.05) is 33.8 Å². The van der Waals surface area contributed by atoms with E-state index in [1.807, 2.05) is 0 Å². The fourth-order valence-electron chi connectivity index (χ4n) is 1.71. The smallest absolute Gasteiger partial charge is 0.313 e. The third-order valence-electron chi connectivity index (χ3n) is 2.75. The summed E-state index contributed by atoms with van der Waals surface area (Å²) in [6.07, 6.45) is 0.